The fourth-order valence-corrected chi connectivity index (χ4v) is 1.85. The summed E-state index contributed by atoms with van der Waals surface area (Å²) in [5.74, 6) is -1.73. The number of pyridine rings is 1. The van der Waals surface area contributed by atoms with Crippen LogP contribution in [0.5, 0.6) is 5.88 Å². The molecule has 0 aliphatic heterocycles. The number of esters is 1. The van der Waals surface area contributed by atoms with Crippen LogP contribution < -0.4 is 10.3 Å². The van der Waals surface area contributed by atoms with Crippen LogP contribution in [0.25, 0.3) is 0 Å². The van der Waals surface area contributed by atoms with E-state index in [1.165, 1.54) is 6.92 Å². The molecule has 9 heteroatoms. The van der Waals surface area contributed by atoms with E-state index in [-0.39, 0.29) is 23.1 Å². The molecule has 0 spiro atoms. The van der Waals surface area contributed by atoms with Crippen molar-refractivity contribution in [3.05, 3.63) is 27.5 Å². The lowest BCUT2D eigenvalue weighted by Crippen LogP contribution is -2.23. The second-order valence-corrected chi connectivity index (χ2v) is 3.82. The van der Waals surface area contributed by atoms with E-state index < -0.39 is 23.8 Å². The van der Waals surface area contributed by atoms with Crippen molar-refractivity contribution in [2.24, 2.45) is 0 Å². The van der Waals surface area contributed by atoms with Gasteiger partial charge < -0.3 is 9.47 Å². The summed E-state index contributed by atoms with van der Waals surface area (Å²) in [7, 11) is 0. The number of aromatic nitrogens is 1. The Morgan fingerprint density at radius 2 is 2.11 bits per heavy atom. The van der Waals surface area contributed by atoms with Crippen molar-refractivity contribution in [3.8, 4) is 5.88 Å². The largest absolute Gasteiger partial charge is 0.574 e. The molecule has 19 heavy (non-hydrogen) atoms. The summed E-state index contributed by atoms with van der Waals surface area (Å²) < 4.78 is 44.9. The second-order valence-electron chi connectivity index (χ2n) is 3.26. The van der Waals surface area contributed by atoms with E-state index in [9.17, 15) is 22.8 Å². The van der Waals surface area contributed by atoms with Crippen molar-refractivity contribution in [2.45, 2.75) is 18.6 Å². The van der Waals surface area contributed by atoms with Crippen LogP contribution in [0.1, 0.15) is 22.8 Å². The van der Waals surface area contributed by atoms with E-state index in [0.717, 1.165) is 6.07 Å². The van der Waals surface area contributed by atoms with E-state index in [4.69, 9.17) is 0 Å². The van der Waals surface area contributed by atoms with Crippen LogP contribution in [0.2, 0.25) is 0 Å². The molecule has 0 atom stereocenters. The molecule has 0 unspecified atom stereocenters. The number of aromatic amines is 1. The first-order valence-electron chi connectivity index (χ1n) is 5.03. The summed E-state index contributed by atoms with van der Waals surface area (Å²) in [6.07, 6.45) is -4.98. The summed E-state index contributed by atoms with van der Waals surface area (Å²) in [5, 5.41) is -0.122. The minimum Gasteiger partial charge on any atom is -0.462 e. The number of rotatable bonds is 4. The molecule has 1 heterocycles. The highest BCUT2D eigenvalue weighted by Crippen LogP contribution is 2.27. The topological polar surface area (TPSA) is 68.4 Å². The van der Waals surface area contributed by atoms with Gasteiger partial charge >= 0.3 is 12.3 Å². The highest BCUT2D eigenvalue weighted by Gasteiger charge is 2.33. The molecule has 1 N–H and O–H groups in total. The van der Waals surface area contributed by atoms with Gasteiger partial charge in [-0.05, 0) is 6.92 Å². The first-order valence-corrected chi connectivity index (χ1v) is 6.15. The van der Waals surface area contributed by atoms with Gasteiger partial charge in [0.25, 0.3) is 5.56 Å². The third kappa shape index (κ3) is 4.27. The Kier molecular flexibility index (Phi) is 4.98. The van der Waals surface area contributed by atoms with Gasteiger partial charge in [0.1, 0.15) is 0 Å². The molecule has 0 aromatic carbocycles. The van der Waals surface area contributed by atoms with Crippen molar-refractivity contribution in [2.75, 3.05) is 6.61 Å². The van der Waals surface area contributed by atoms with Gasteiger partial charge in [0.05, 0.1) is 12.2 Å². The Balaban J connectivity index is 3.32. The molecule has 0 amide bonds. The van der Waals surface area contributed by atoms with Crippen molar-refractivity contribution in [1.29, 1.82) is 0 Å². The Morgan fingerprint density at radius 3 is 2.58 bits per heavy atom. The molecule has 1 rings (SSSR count). The highest BCUT2D eigenvalue weighted by molar-refractivity contribution is 9.08. The van der Waals surface area contributed by atoms with Crippen LogP contribution in [0.4, 0.5) is 13.2 Å². The second kappa shape index (κ2) is 6.09. The zero-order valence-electron chi connectivity index (χ0n) is 9.64. The van der Waals surface area contributed by atoms with Crippen molar-refractivity contribution >= 4 is 21.9 Å². The normalized spacial score (nSPS) is 11.2. The first kappa shape index (κ1) is 15.5. The lowest BCUT2D eigenvalue weighted by atomic mass is 10.1. The number of hydrogen-bond donors (Lipinski definition) is 1. The molecule has 0 aliphatic rings. The van der Waals surface area contributed by atoms with E-state index in [2.05, 4.69) is 25.4 Å². The quantitative estimate of drug-likeness (QED) is 0.673. The van der Waals surface area contributed by atoms with Gasteiger partial charge in [-0.15, -0.1) is 13.2 Å². The number of nitrogens with one attached hydrogen (secondary N) is 1. The van der Waals surface area contributed by atoms with Gasteiger partial charge in [0, 0.05) is 17.0 Å². The summed E-state index contributed by atoms with van der Waals surface area (Å²) in [5.41, 5.74) is -1.32. The monoisotopic (exact) mass is 343 g/mol. The average molecular weight is 344 g/mol. The average Bonchev–Trinajstić information content (AvgIpc) is 2.26. The maximum Gasteiger partial charge on any atom is 0.574 e. The molecule has 1 aromatic rings. The Morgan fingerprint density at radius 1 is 1.47 bits per heavy atom. The Hall–Kier alpha value is -1.51. The van der Waals surface area contributed by atoms with Crippen LogP contribution in [0, 0.1) is 0 Å². The molecule has 0 fully saturated rings. The minimum atomic E-state index is -4.98. The number of carbonyl (C=O) groups excluding carboxylic acids is 1. The molecule has 1 aromatic heterocycles. The van der Waals surface area contributed by atoms with Crippen molar-refractivity contribution < 1.29 is 27.4 Å². The molecular weight excluding hydrogens is 335 g/mol. The number of ether oxygens (including phenoxy) is 2. The SMILES string of the molecule is CCOC(=O)c1cc(=O)[nH]c(OC(F)(F)F)c1CBr. The van der Waals surface area contributed by atoms with E-state index in [1.807, 2.05) is 4.98 Å². The van der Waals surface area contributed by atoms with Crippen molar-refractivity contribution in [1.82, 2.24) is 4.98 Å². The van der Waals surface area contributed by atoms with Gasteiger partial charge in [0.15, 0.2) is 0 Å². The summed E-state index contributed by atoms with van der Waals surface area (Å²) in [4.78, 5) is 24.7. The molecule has 106 valence electrons. The molecule has 5 nitrogen and oxygen atoms in total. The van der Waals surface area contributed by atoms with Crippen molar-refractivity contribution in [3.63, 3.8) is 0 Å². The number of halogens is 4. The van der Waals surface area contributed by atoms with Gasteiger partial charge in [-0.2, -0.15) is 0 Å². The van der Waals surface area contributed by atoms with E-state index >= 15 is 0 Å². The maximum absolute atomic E-state index is 12.2. The zero-order chi connectivity index (χ0) is 14.6. The summed E-state index contributed by atoms with van der Waals surface area (Å²) in [6, 6.07) is 0.859. The number of alkyl halides is 4. The smallest absolute Gasteiger partial charge is 0.462 e. The van der Waals surface area contributed by atoms with Gasteiger partial charge in [-0.3, -0.25) is 9.78 Å². The standard InChI is InChI=1S/C10H9BrF3NO4/c1-2-18-9(17)5-3-7(16)15-8(6(5)4-11)19-10(12,13)14/h3H,2,4H2,1H3,(H,15,16). The van der Waals surface area contributed by atoms with Gasteiger partial charge in [-0.1, -0.05) is 15.9 Å². The number of carbonyl (C=O) groups is 1. The number of hydrogen-bond acceptors (Lipinski definition) is 4. The zero-order valence-corrected chi connectivity index (χ0v) is 11.2. The lowest BCUT2D eigenvalue weighted by Gasteiger charge is -2.13. The third-order valence-corrected chi connectivity index (χ3v) is 2.52. The molecule has 0 saturated carbocycles. The maximum atomic E-state index is 12.2. The molecule has 0 saturated heterocycles. The highest BCUT2D eigenvalue weighted by atomic mass is 79.9. The van der Waals surface area contributed by atoms with Crippen LogP contribution >= 0.6 is 15.9 Å². The van der Waals surface area contributed by atoms with E-state index in [1.54, 1.807) is 0 Å². The fourth-order valence-electron chi connectivity index (χ4n) is 1.29. The first-order chi connectivity index (χ1) is 8.78. The minimum absolute atomic E-state index is 0.0306. The van der Waals surface area contributed by atoms with Crippen LogP contribution in [-0.2, 0) is 10.1 Å². The molecular formula is C10H9BrF3NO4. The van der Waals surface area contributed by atoms with Gasteiger partial charge in [-0.25, -0.2) is 4.79 Å². The summed E-state index contributed by atoms with van der Waals surface area (Å²) in [6.45, 7) is 1.56. The van der Waals surface area contributed by atoms with Gasteiger partial charge in [0.2, 0.25) is 5.88 Å². The lowest BCUT2D eigenvalue weighted by molar-refractivity contribution is -0.276. The molecule has 0 bridgehead atoms. The number of H-pyrrole nitrogens is 1. The molecule has 0 aliphatic carbocycles. The van der Waals surface area contributed by atoms with Crippen LogP contribution in [0.15, 0.2) is 10.9 Å². The Bertz CT molecular complexity index is 526. The molecule has 0 radical (unpaired) electrons. The van der Waals surface area contributed by atoms with E-state index in [0.29, 0.717) is 0 Å². The fraction of sp³-hybridized carbons (Fsp3) is 0.400. The predicted octanol–water partition coefficient (Wildman–Crippen LogP) is 2.35. The third-order valence-electron chi connectivity index (χ3n) is 1.96. The summed E-state index contributed by atoms with van der Waals surface area (Å²) >= 11 is 2.93. The Labute approximate surface area is 113 Å². The van der Waals surface area contributed by atoms with Crippen LogP contribution in [0.3, 0.4) is 0 Å². The predicted molar refractivity (Wildman–Crippen MR) is 62.3 cm³/mol. The van der Waals surface area contributed by atoms with Crippen LogP contribution in [-0.4, -0.2) is 23.9 Å².